The Morgan fingerprint density at radius 3 is 2.15 bits per heavy atom. The molecule has 2 heterocycles. The fourth-order valence-electron chi connectivity index (χ4n) is 4.07. The summed E-state index contributed by atoms with van der Waals surface area (Å²) in [7, 11) is -5.84. The molecule has 1 aliphatic rings. The molecule has 3 amide bonds. The van der Waals surface area contributed by atoms with Crippen molar-refractivity contribution in [2.75, 3.05) is 44.6 Å². The highest BCUT2D eigenvalue weighted by atomic mass is 32.2. The van der Waals surface area contributed by atoms with Gasteiger partial charge in [-0.3, -0.25) is 18.9 Å². The van der Waals surface area contributed by atoms with Gasteiger partial charge >= 0.3 is 27.7 Å². The number of aliphatic carboxylic acids is 1. The van der Waals surface area contributed by atoms with E-state index in [0.717, 1.165) is 18.4 Å². The summed E-state index contributed by atoms with van der Waals surface area (Å²) in [6.07, 6.45) is 1.07. The fourth-order valence-corrected chi connectivity index (χ4v) is 4.07. The highest BCUT2D eigenvalue weighted by Gasteiger charge is 2.44. The Balaban J connectivity index is 0.000000849. The lowest BCUT2D eigenvalue weighted by Gasteiger charge is -2.35. The van der Waals surface area contributed by atoms with Crippen LogP contribution in [0.1, 0.15) is 50.0 Å². The third-order valence-electron chi connectivity index (χ3n) is 6.49. The van der Waals surface area contributed by atoms with Gasteiger partial charge in [0.15, 0.2) is 5.82 Å². The number of nitrogens with one attached hydrogen (secondary N) is 2. The van der Waals surface area contributed by atoms with Crippen molar-refractivity contribution in [2.24, 2.45) is 0 Å². The van der Waals surface area contributed by atoms with Gasteiger partial charge in [-0.25, -0.2) is 14.8 Å². The number of anilines is 1. The zero-order valence-electron chi connectivity index (χ0n) is 25.7. The van der Waals surface area contributed by atoms with Crippen molar-refractivity contribution in [3.63, 3.8) is 0 Å². The van der Waals surface area contributed by atoms with Crippen LogP contribution in [-0.2, 0) is 24.4 Å². The van der Waals surface area contributed by atoms with Crippen molar-refractivity contribution < 1.29 is 55.2 Å². The van der Waals surface area contributed by atoms with Crippen molar-refractivity contribution in [2.45, 2.75) is 51.1 Å². The molecule has 1 fully saturated rings. The van der Waals surface area contributed by atoms with E-state index in [-0.39, 0.29) is 51.3 Å². The van der Waals surface area contributed by atoms with Crippen LogP contribution in [0.2, 0.25) is 0 Å². The number of carboxylic acids is 1. The van der Waals surface area contributed by atoms with Crippen molar-refractivity contribution in [1.29, 1.82) is 0 Å². The first-order chi connectivity index (χ1) is 22.1. The molecule has 1 aromatic heterocycles. The van der Waals surface area contributed by atoms with Crippen molar-refractivity contribution >= 4 is 39.8 Å². The van der Waals surface area contributed by atoms with E-state index in [1.54, 1.807) is 6.92 Å². The standard InChI is InChI=1S/C27H36N6O6.CHF3O3S/c1-3-5-13-28-22-18-21(29-24(31-22)19-9-7-6-8-10-19)25(36)30-20(11-12-23(34)35)26(37)32-14-16-33(17-15-32)27(38)39-4-2;2-1(3,4)8(5,6)7/h6-10,18,20H,3-5,11-17H2,1-2H3,(H,30,36)(H,34,35)(H,28,29,31);(H,5,6,7)/t20-;/m0./s1. The van der Waals surface area contributed by atoms with E-state index in [9.17, 15) is 37.5 Å². The number of alkyl halides is 3. The van der Waals surface area contributed by atoms with E-state index in [1.165, 1.54) is 15.9 Å². The van der Waals surface area contributed by atoms with Gasteiger partial charge in [0.25, 0.3) is 5.91 Å². The van der Waals surface area contributed by atoms with Crippen molar-refractivity contribution in [1.82, 2.24) is 25.1 Å². The molecule has 1 atom stereocenters. The van der Waals surface area contributed by atoms with Crippen LogP contribution in [-0.4, -0.2) is 113 Å². The van der Waals surface area contributed by atoms with Gasteiger partial charge in [0.2, 0.25) is 5.91 Å². The lowest BCUT2D eigenvalue weighted by Crippen LogP contribution is -2.56. The second-order valence-electron chi connectivity index (χ2n) is 10.00. The minimum atomic E-state index is -5.84. The molecule has 19 heteroatoms. The van der Waals surface area contributed by atoms with E-state index >= 15 is 0 Å². The molecule has 0 spiro atoms. The van der Waals surface area contributed by atoms with Crippen LogP contribution >= 0.6 is 0 Å². The van der Waals surface area contributed by atoms with Gasteiger partial charge in [-0.2, -0.15) is 21.6 Å². The number of carbonyl (C=O) groups is 4. The Morgan fingerprint density at radius 2 is 1.62 bits per heavy atom. The molecule has 0 bridgehead atoms. The zero-order valence-corrected chi connectivity index (χ0v) is 26.5. The number of benzene rings is 1. The molecule has 47 heavy (non-hydrogen) atoms. The summed E-state index contributed by atoms with van der Waals surface area (Å²) >= 11 is 0. The van der Waals surface area contributed by atoms with Gasteiger partial charge in [-0.1, -0.05) is 43.7 Å². The third-order valence-corrected chi connectivity index (χ3v) is 7.07. The van der Waals surface area contributed by atoms with Crippen molar-refractivity contribution in [3.05, 3.63) is 42.1 Å². The summed E-state index contributed by atoms with van der Waals surface area (Å²) in [5, 5.41) is 15.1. The number of hydrogen-bond acceptors (Lipinski definition) is 10. The smallest absolute Gasteiger partial charge is 0.481 e. The van der Waals surface area contributed by atoms with E-state index in [0.29, 0.717) is 18.2 Å². The maximum absolute atomic E-state index is 13.3. The quantitative estimate of drug-likeness (QED) is 0.144. The number of halogens is 3. The Kier molecular flexibility index (Phi) is 14.8. The van der Waals surface area contributed by atoms with Gasteiger partial charge in [0.1, 0.15) is 17.6 Å². The predicted molar refractivity (Wildman–Crippen MR) is 162 cm³/mol. The van der Waals surface area contributed by atoms with E-state index in [2.05, 4.69) is 27.5 Å². The van der Waals surface area contributed by atoms with Crippen LogP contribution < -0.4 is 10.6 Å². The number of carboxylic acid groups (broad SMARTS) is 1. The highest BCUT2D eigenvalue weighted by Crippen LogP contribution is 2.21. The monoisotopic (exact) mass is 690 g/mol. The number of amides is 3. The summed E-state index contributed by atoms with van der Waals surface area (Å²) in [6, 6.07) is 9.68. The number of rotatable bonds is 12. The van der Waals surface area contributed by atoms with Crippen LogP contribution in [0.15, 0.2) is 36.4 Å². The fraction of sp³-hybridized carbons (Fsp3) is 0.500. The topological polar surface area (TPSA) is 208 Å². The normalized spacial score (nSPS) is 13.9. The number of hydrogen-bond donors (Lipinski definition) is 4. The number of carbonyl (C=O) groups excluding carboxylic acids is 3. The first kappa shape index (κ1) is 38.7. The molecular weight excluding hydrogens is 653 g/mol. The highest BCUT2D eigenvalue weighted by molar-refractivity contribution is 7.86. The third kappa shape index (κ3) is 12.7. The summed E-state index contributed by atoms with van der Waals surface area (Å²) in [4.78, 5) is 62.0. The molecule has 15 nitrogen and oxygen atoms in total. The van der Waals surface area contributed by atoms with Crippen LogP contribution in [0.25, 0.3) is 11.4 Å². The van der Waals surface area contributed by atoms with Gasteiger partial charge < -0.3 is 30.3 Å². The van der Waals surface area contributed by atoms with Crippen LogP contribution in [0, 0.1) is 0 Å². The van der Waals surface area contributed by atoms with Crippen LogP contribution in [0.5, 0.6) is 0 Å². The minimum absolute atomic E-state index is 0.0584. The number of nitrogens with zero attached hydrogens (tertiary/aromatic N) is 4. The number of piperazine rings is 1. The molecular formula is C28H37F3N6O9S. The SMILES string of the molecule is CCCCNc1cc(C(=O)N[C@@H](CCC(=O)O)C(=O)N2CCN(C(=O)OCC)CC2)nc(-c2ccccc2)n1.O=S(=O)(O)C(F)(F)F. The second kappa shape index (κ2) is 18.0. The van der Waals surface area contributed by atoms with E-state index in [4.69, 9.17) is 17.7 Å². The van der Waals surface area contributed by atoms with Gasteiger partial charge in [-0.15, -0.1) is 0 Å². The summed E-state index contributed by atoms with van der Waals surface area (Å²) in [5.41, 5.74) is -4.75. The maximum atomic E-state index is 13.3. The Bertz CT molecular complexity index is 1470. The summed E-state index contributed by atoms with van der Waals surface area (Å²) in [6.45, 7) is 5.76. The van der Waals surface area contributed by atoms with Crippen molar-refractivity contribution in [3.8, 4) is 11.4 Å². The molecule has 1 aromatic carbocycles. The molecule has 0 saturated carbocycles. The molecule has 4 N–H and O–H groups in total. The largest absolute Gasteiger partial charge is 0.522 e. The Labute approximate surface area is 269 Å². The second-order valence-corrected chi connectivity index (χ2v) is 11.4. The molecule has 260 valence electrons. The van der Waals surface area contributed by atoms with Gasteiger partial charge in [-0.05, 0) is 19.8 Å². The lowest BCUT2D eigenvalue weighted by atomic mass is 10.1. The minimum Gasteiger partial charge on any atom is -0.481 e. The molecule has 1 aliphatic heterocycles. The predicted octanol–water partition coefficient (Wildman–Crippen LogP) is 3.01. The first-order valence-electron chi connectivity index (χ1n) is 14.5. The molecule has 2 aromatic rings. The number of unbranched alkanes of at least 4 members (excludes halogenated alkanes) is 1. The zero-order chi connectivity index (χ0) is 35.2. The maximum Gasteiger partial charge on any atom is 0.522 e. The van der Waals surface area contributed by atoms with Crippen LogP contribution in [0.3, 0.4) is 0 Å². The number of ether oxygens (including phenoxy) is 1. The van der Waals surface area contributed by atoms with Gasteiger partial charge in [0.05, 0.1) is 6.61 Å². The molecule has 1 saturated heterocycles. The molecule has 0 radical (unpaired) electrons. The first-order valence-corrected chi connectivity index (χ1v) is 16.0. The molecule has 3 rings (SSSR count). The summed E-state index contributed by atoms with van der Waals surface area (Å²) < 4.78 is 62.6. The average Bonchev–Trinajstić information content (AvgIpc) is 3.02. The molecule has 0 aliphatic carbocycles. The Morgan fingerprint density at radius 1 is 1.02 bits per heavy atom. The lowest BCUT2D eigenvalue weighted by molar-refractivity contribution is -0.138. The van der Waals surface area contributed by atoms with E-state index < -0.39 is 45.5 Å². The van der Waals surface area contributed by atoms with E-state index in [1.807, 2.05) is 30.3 Å². The van der Waals surface area contributed by atoms with Gasteiger partial charge in [0, 0.05) is 50.8 Å². The van der Waals surface area contributed by atoms with Crippen LogP contribution in [0.4, 0.5) is 23.8 Å². The molecule has 0 unspecified atom stereocenters. The average molecular weight is 691 g/mol. The summed E-state index contributed by atoms with van der Waals surface area (Å²) in [5.74, 6) is -1.27. The number of aromatic nitrogens is 2. The Hall–Kier alpha value is -4.52.